The number of aromatic nitrogens is 3. The zero-order valence-corrected chi connectivity index (χ0v) is 14.5. The van der Waals surface area contributed by atoms with E-state index in [1.54, 1.807) is 18.2 Å². The minimum atomic E-state index is -3.29. The number of carbonyl (C=O) groups excluding carboxylic acids is 1. The first kappa shape index (κ1) is 16.8. The maximum Gasteiger partial charge on any atom is 0.255 e. The molecule has 0 atom stereocenters. The molecule has 3 aromatic rings. The summed E-state index contributed by atoms with van der Waals surface area (Å²) >= 11 is 0. The highest BCUT2D eigenvalue weighted by atomic mass is 32.2. The molecule has 0 bridgehead atoms. The number of sulfone groups is 1. The molecule has 0 aliphatic rings. The average Bonchev–Trinajstić information content (AvgIpc) is 3.01. The molecule has 2 aromatic carbocycles. The summed E-state index contributed by atoms with van der Waals surface area (Å²) in [6, 6.07) is 13.0. The lowest BCUT2D eigenvalue weighted by Crippen LogP contribution is -2.12. The van der Waals surface area contributed by atoms with Gasteiger partial charge in [0.25, 0.3) is 5.91 Å². The molecule has 0 radical (unpaired) electrons. The molecule has 0 aliphatic carbocycles. The number of amides is 1. The molecular weight excluding hydrogens is 340 g/mol. The van der Waals surface area contributed by atoms with Gasteiger partial charge in [-0.05, 0) is 43.3 Å². The maximum absolute atomic E-state index is 12.3. The summed E-state index contributed by atoms with van der Waals surface area (Å²) in [5.41, 5.74) is 1.73. The van der Waals surface area contributed by atoms with Gasteiger partial charge in [-0.1, -0.05) is 12.1 Å². The van der Waals surface area contributed by atoms with Crippen molar-refractivity contribution >= 4 is 21.4 Å². The normalized spacial score (nSPS) is 11.3. The van der Waals surface area contributed by atoms with E-state index in [1.807, 2.05) is 13.0 Å². The van der Waals surface area contributed by atoms with Gasteiger partial charge in [0.2, 0.25) is 0 Å². The fourth-order valence-corrected chi connectivity index (χ4v) is 2.90. The van der Waals surface area contributed by atoms with E-state index in [1.165, 1.54) is 24.3 Å². The first-order valence-corrected chi connectivity index (χ1v) is 9.33. The van der Waals surface area contributed by atoms with Gasteiger partial charge in [0.1, 0.15) is 5.82 Å². The molecule has 0 saturated carbocycles. The average molecular weight is 356 g/mol. The first-order chi connectivity index (χ1) is 11.8. The molecule has 1 aromatic heterocycles. The third-order valence-corrected chi connectivity index (χ3v) is 4.65. The summed E-state index contributed by atoms with van der Waals surface area (Å²) in [7, 11) is -3.29. The molecule has 25 heavy (non-hydrogen) atoms. The monoisotopic (exact) mass is 356 g/mol. The van der Waals surface area contributed by atoms with Crippen LogP contribution in [0.15, 0.2) is 53.4 Å². The Labute approximate surface area is 145 Å². The summed E-state index contributed by atoms with van der Waals surface area (Å²) in [6.07, 6.45) is 1.12. The van der Waals surface area contributed by atoms with Gasteiger partial charge >= 0.3 is 0 Å². The smallest absolute Gasteiger partial charge is 0.255 e. The van der Waals surface area contributed by atoms with Crippen LogP contribution in [0.2, 0.25) is 0 Å². The Kier molecular flexibility index (Phi) is 4.37. The molecular formula is C17H16N4O3S. The van der Waals surface area contributed by atoms with E-state index in [-0.39, 0.29) is 10.8 Å². The molecule has 0 unspecified atom stereocenters. The van der Waals surface area contributed by atoms with Crippen molar-refractivity contribution in [1.82, 2.24) is 15.2 Å². The third kappa shape index (κ3) is 3.92. The van der Waals surface area contributed by atoms with Crippen LogP contribution in [0.3, 0.4) is 0 Å². The Morgan fingerprint density at radius 2 is 1.84 bits per heavy atom. The highest BCUT2D eigenvalue weighted by molar-refractivity contribution is 7.90. The van der Waals surface area contributed by atoms with Crippen LogP contribution in [0.1, 0.15) is 16.2 Å². The molecule has 0 spiro atoms. The van der Waals surface area contributed by atoms with Gasteiger partial charge in [-0.2, -0.15) is 5.10 Å². The lowest BCUT2D eigenvalue weighted by molar-refractivity contribution is 0.102. The van der Waals surface area contributed by atoms with Crippen LogP contribution >= 0.6 is 0 Å². The molecule has 0 aliphatic heterocycles. The quantitative estimate of drug-likeness (QED) is 0.747. The van der Waals surface area contributed by atoms with Gasteiger partial charge < -0.3 is 5.32 Å². The zero-order chi connectivity index (χ0) is 18.0. The van der Waals surface area contributed by atoms with Crippen LogP contribution in [0.4, 0.5) is 5.69 Å². The van der Waals surface area contributed by atoms with Crippen molar-refractivity contribution in [3.8, 4) is 11.4 Å². The Morgan fingerprint density at radius 3 is 2.44 bits per heavy atom. The Morgan fingerprint density at radius 1 is 1.12 bits per heavy atom. The number of aromatic amines is 1. The lowest BCUT2D eigenvalue weighted by Gasteiger charge is -2.07. The molecule has 7 nitrogen and oxygen atoms in total. The number of anilines is 1. The number of hydrogen-bond donors (Lipinski definition) is 2. The van der Waals surface area contributed by atoms with Gasteiger partial charge in [-0.15, -0.1) is 0 Å². The fourth-order valence-electron chi connectivity index (χ4n) is 2.26. The van der Waals surface area contributed by atoms with Crippen LogP contribution < -0.4 is 5.32 Å². The summed E-state index contributed by atoms with van der Waals surface area (Å²) in [5.74, 6) is 0.921. The predicted octanol–water partition coefficient (Wildman–Crippen LogP) is 2.44. The molecule has 0 saturated heterocycles. The Balaban J connectivity index is 1.79. The van der Waals surface area contributed by atoms with Gasteiger partial charge in [0.15, 0.2) is 15.7 Å². The van der Waals surface area contributed by atoms with Crippen molar-refractivity contribution in [3.05, 3.63) is 59.9 Å². The zero-order valence-electron chi connectivity index (χ0n) is 13.6. The summed E-state index contributed by atoms with van der Waals surface area (Å²) in [6.45, 7) is 1.81. The van der Waals surface area contributed by atoms with Crippen molar-refractivity contribution in [1.29, 1.82) is 0 Å². The number of aryl methyl sites for hydroxylation is 1. The summed E-state index contributed by atoms with van der Waals surface area (Å²) in [4.78, 5) is 16.8. The number of nitrogens with zero attached hydrogens (tertiary/aromatic N) is 2. The number of carbonyl (C=O) groups is 1. The molecule has 2 N–H and O–H groups in total. The minimum Gasteiger partial charge on any atom is -0.322 e. The van der Waals surface area contributed by atoms with Crippen LogP contribution in [0, 0.1) is 6.92 Å². The minimum absolute atomic E-state index is 0.172. The van der Waals surface area contributed by atoms with Gasteiger partial charge in [0, 0.05) is 23.1 Å². The van der Waals surface area contributed by atoms with E-state index >= 15 is 0 Å². The number of nitrogens with one attached hydrogen (secondary N) is 2. The number of benzene rings is 2. The second-order valence-corrected chi connectivity index (χ2v) is 7.59. The largest absolute Gasteiger partial charge is 0.322 e. The van der Waals surface area contributed by atoms with E-state index in [2.05, 4.69) is 20.5 Å². The van der Waals surface area contributed by atoms with E-state index in [0.717, 1.165) is 11.8 Å². The molecule has 1 amide bonds. The summed E-state index contributed by atoms with van der Waals surface area (Å²) < 4.78 is 22.9. The highest BCUT2D eigenvalue weighted by Gasteiger charge is 2.11. The molecule has 0 fully saturated rings. The van der Waals surface area contributed by atoms with Crippen molar-refractivity contribution < 1.29 is 13.2 Å². The van der Waals surface area contributed by atoms with E-state index in [0.29, 0.717) is 22.9 Å². The molecule has 128 valence electrons. The highest BCUT2D eigenvalue weighted by Crippen LogP contribution is 2.20. The third-order valence-electron chi connectivity index (χ3n) is 3.52. The van der Waals surface area contributed by atoms with Gasteiger partial charge in [0.05, 0.1) is 4.90 Å². The van der Waals surface area contributed by atoms with E-state index in [4.69, 9.17) is 0 Å². The topological polar surface area (TPSA) is 105 Å². The second-order valence-electron chi connectivity index (χ2n) is 5.58. The second kappa shape index (κ2) is 6.48. The van der Waals surface area contributed by atoms with Crippen molar-refractivity contribution in [2.75, 3.05) is 11.6 Å². The number of rotatable bonds is 4. The van der Waals surface area contributed by atoms with Gasteiger partial charge in [-0.3, -0.25) is 9.89 Å². The Bertz CT molecular complexity index is 1020. The van der Waals surface area contributed by atoms with Gasteiger partial charge in [-0.25, -0.2) is 13.4 Å². The van der Waals surface area contributed by atoms with E-state index < -0.39 is 9.84 Å². The SMILES string of the molecule is Cc1nc(-c2cccc(NC(=O)c3ccc(S(C)(=O)=O)cc3)c2)n[nH]1. The maximum atomic E-state index is 12.3. The van der Waals surface area contributed by atoms with E-state index in [9.17, 15) is 13.2 Å². The number of H-pyrrole nitrogens is 1. The van der Waals surface area contributed by atoms with Crippen LogP contribution in [-0.2, 0) is 9.84 Å². The predicted molar refractivity (Wildman–Crippen MR) is 94.1 cm³/mol. The van der Waals surface area contributed by atoms with Crippen molar-refractivity contribution in [2.45, 2.75) is 11.8 Å². The van der Waals surface area contributed by atoms with Crippen molar-refractivity contribution in [2.24, 2.45) is 0 Å². The van der Waals surface area contributed by atoms with Crippen LogP contribution in [-0.4, -0.2) is 35.8 Å². The van der Waals surface area contributed by atoms with Crippen LogP contribution in [0.5, 0.6) is 0 Å². The van der Waals surface area contributed by atoms with Crippen molar-refractivity contribution in [3.63, 3.8) is 0 Å². The first-order valence-electron chi connectivity index (χ1n) is 7.44. The molecule has 3 rings (SSSR count). The molecule has 8 heteroatoms. The lowest BCUT2D eigenvalue weighted by atomic mass is 10.1. The summed E-state index contributed by atoms with van der Waals surface area (Å²) in [5, 5.41) is 9.64. The van der Waals surface area contributed by atoms with Crippen LogP contribution in [0.25, 0.3) is 11.4 Å². The molecule has 1 heterocycles. The fraction of sp³-hybridized carbons (Fsp3) is 0.118. The Hall–Kier alpha value is -3.00. The standard InChI is InChI=1S/C17H16N4O3S/c1-11-18-16(21-20-11)13-4-3-5-14(10-13)19-17(22)12-6-8-15(9-7-12)25(2,23)24/h3-10H,1-2H3,(H,19,22)(H,18,20,21). The number of hydrogen-bond acceptors (Lipinski definition) is 5.